The van der Waals surface area contributed by atoms with E-state index >= 15 is 0 Å². The highest BCUT2D eigenvalue weighted by Crippen LogP contribution is 2.33. The molecule has 4 nitrogen and oxygen atoms in total. The molecule has 0 spiro atoms. The molecule has 0 aliphatic carbocycles. The van der Waals surface area contributed by atoms with Crippen molar-refractivity contribution < 1.29 is 13.2 Å². The van der Waals surface area contributed by atoms with E-state index in [4.69, 9.17) is 33.1 Å². The molecule has 1 atom stereocenters. The van der Waals surface area contributed by atoms with Gasteiger partial charge in [0.05, 0.1) is 22.4 Å². The van der Waals surface area contributed by atoms with Crippen LogP contribution in [-0.4, -0.2) is 20.8 Å². The van der Waals surface area contributed by atoms with Crippen molar-refractivity contribution in [1.29, 1.82) is 0 Å². The zero-order valence-electron chi connectivity index (χ0n) is 10.8. The second-order valence-electron chi connectivity index (χ2n) is 4.70. The highest BCUT2D eigenvalue weighted by Gasteiger charge is 2.21. The summed E-state index contributed by atoms with van der Waals surface area (Å²) in [5, 5.41) is 5.86. The molecule has 0 aliphatic heterocycles. The van der Waals surface area contributed by atoms with Gasteiger partial charge in [0.1, 0.15) is 0 Å². The number of sulfonamides is 1. The van der Waals surface area contributed by atoms with Crippen molar-refractivity contribution in [1.82, 2.24) is 0 Å². The number of benzene rings is 1. The average molecular weight is 326 g/mol. The van der Waals surface area contributed by atoms with E-state index < -0.39 is 10.0 Å². The van der Waals surface area contributed by atoms with Crippen LogP contribution in [0.3, 0.4) is 0 Å². The van der Waals surface area contributed by atoms with Crippen LogP contribution in [-0.2, 0) is 10.0 Å². The summed E-state index contributed by atoms with van der Waals surface area (Å²) in [6, 6.07) is 5.03. The Morgan fingerprint density at radius 2 is 1.79 bits per heavy atom. The number of para-hydroxylation sites is 1. The second kappa shape index (κ2) is 6.79. The summed E-state index contributed by atoms with van der Waals surface area (Å²) in [6.45, 7) is 4.01. The Morgan fingerprint density at radius 1 is 1.26 bits per heavy atom. The highest BCUT2D eigenvalue weighted by atomic mass is 35.5. The molecule has 1 unspecified atom stereocenters. The summed E-state index contributed by atoms with van der Waals surface area (Å²) >= 11 is 11.9. The molecule has 0 saturated heterocycles. The minimum Gasteiger partial charge on any atom is -0.490 e. The highest BCUT2D eigenvalue weighted by molar-refractivity contribution is 7.89. The maximum absolute atomic E-state index is 11.2. The number of hydrogen-bond donors (Lipinski definition) is 1. The first-order chi connectivity index (χ1) is 8.70. The number of rotatable bonds is 6. The van der Waals surface area contributed by atoms with E-state index in [1.807, 2.05) is 13.8 Å². The largest absolute Gasteiger partial charge is 0.490 e. The Bertz CT molecular complexity index is 512. The van der Waals surface area contributed by atoms with Crippen LogP contribution in [0, 0.1) is 11.8 Å². The first-order valence-electron chi connectivity index (χ1n) is 5.78. The lowest BCUT2D eigenvalue weighted by atomic mass is 9.99. The average Bonchev–Trinajstić information content (AvgIpc) is 2.24. The van der Waals surface area contributed by atoms with Crippen LogP contribution in [0.1, 0.15) is 13.8 Å². The molecular weight excluding hydrogens is 309 g/mol. The monoisotopic (exact) mass is 325 g/mol. The van der Waals surface area contributed by atoms with Crippen molar-refractivity contribution in [2.75, 3.05) is 12.4 Å². The van der Waals surface area contributed by atoms with Crippen LogP contribution in [0.4, 0.5) is 0 Å². The molecule has 0 saturated carbocycles. The van der Waals surface area contributed by atoms with E-state index in [0.717, 1.165) is 0 Å². The van der Waals surface area contributed by atoms with Crippen LogP contribution < -0.4 is 9.88 Å². The van der Waals surface area contributed by atoms with Crippen molar-refractivity contribution >= 4 is 33.2 Å². The van der Waals surface area contributed by atoms with E-state index in [2.05, 4.69) is 0 Å². The fourth-order valence-corrected chi connectivity index (χ4v) is 3.13. The summed E-state index contributed by atoms with van der Waals surface area (Å²) in [6.07, 6.45) is 0. The molecule has 1 aromatic carbocycles. The smallest absolute Gasteiger partial charge is 0.209 e. The third-order valence-electron chi connectivity index (χ3n) is 2.75. The maximum atomic E-state index is 11.2. The van der Waals surface area contributed by atoms with E-state index in [0.29, 0.717) is 15.8 Å². The van der Waals surface area contributed by atoms with Crippen molar-refractivity contribution in [3.8, 4) is 5.75 Å². The fraction of sp³-hybridized carbons (Fsp3) is 0.500. The summed E-state index contributed by atoms with van der Waals surface area (Å²) < 4.78 is 27.9. The van der Waals surface area contributed by atoms with Gasteiger partial charge in [-0.15, -0.1) is 0 Å². The van der Waals surface area contributed by atoms with Crippen molar-refractivity contribution in [3.63, 3.8) is 0 Å². The molecule has 108 valence electrons. The van der Waals surface area contributed by atoms with E-state index in [9.17, 15) is 8.42 Å². The van der Waals surface area contributed by atoms with Gasteiger partial charge in [0.2, 0.25) is 10.0 Å². The van der Waals surface area contributed by atoms with Crippen molar-refractivity contribution in [2.24, 2.45) is 17.0 Å². The molecule has 0 radical (unpaired) electrons. The third-order valence-corrected chi connectivity index (χ3v) is 4.24. The van der Waals surface area contributed by atoms with Gasteiger partial charge < -0.3 is 4.74 Å². The molecule has 0 amide bonds. The molecule has 0 aliphatic rings. The Kier molecular flexibility index (Phi) is 5.92. The number of primary sulfonamides is 1. The van der Waals surface area contributed by atoms with Gasteiger partial charge in [0.25, 0.3) is 0 Å². The van der Waals surface area contributed by atoms with Gasteiger partial charge in [-0.3, -0.25) is 0 Å². The van der Waals surface area contributed by atoms with Gasteiger partial charge in [-0.1, -0.05) is 43.1 Å². The molecule has 0 bridgehead atoms. The topological polar surface area (TPSA) is 69.4 Å². The SMILES string of the molecule is CC(C)C(COc1c(Cl)cccc1Cl)CS(N)(=O)=O. The van der Waals surface area contributed by atoms with Crippen LogP contribution in [0.15, 0.2) is 18.2 Å². The van der Waals surface area contributed by atoms with Crippen molar-refractivity contribution in [2.45, 2.75) is 13.8 Å². The third kappa shape index (κ3) is 5.57. The van der Waals surface area contributed by atoms with Gasteiger partial charge in [0.15, 0.2) is 5.75 Å². The second-order valence-corrected chi connectivity index (χ2v) is 7.17. The van der Waals surface area contributed by atoms with Crippen LogP contribution in [0.5, 0.6) is 5.75 Å². The number of ether oxygens (including phenoxy) is 1. The zero-order chi connectivity index (χ0) is 14.6. The minimum absolute atomic E-state index is 0.111. The molecule has 0 fully saturated rings. The van der Waals surface area contributed by atoms with Gasteiger partial charge in [-0.05, 0) is 18.1 Å². The predicted octanol–water partition coefficient (Wildman–Crippen LogP) is 2.93. The summed E-state index contributed by atoms with van der Waals surface area (Å²) in [5.41, 5.74) is 0. The Balaban J connectivity index is 2.77. The van der Waals surface area contributed by atoms with Crippen LogP contribution in [0.2, 0.25) is 10.0 Å². The zero-order valence-corrected chi connectivity index (χ0v) is 13.1. The van der Waals surface area contributed by atoms with Gasteiger partial charge in [-0.2, -0.15) is 0 Å². The molecule has 1 rings (SSSR count). The number of nitrogens with two attached hydrogens (primary N) is 1. The Morgan fingerprint density at radius 3 is 2.21 bits per heavy atom. The summed E-state index contributed by atoms with van der Waals surface area (Å²) in [5.74, 6) is 0.125. The molecule has 2 N–H and O–H groups in total. The Labute approximate surface area is 123 Å². The quantitative estimate of drug-likeness (QED) is 0.874. The maximum Gasteiger partial charge on any atom is 0.209 e. The lowest BCUT2D eigenvalue weighted by Crippen LogP contribution is -2.30. The van der Waals surface area contributed by atoms with E-state index in [1.54, 1.807) is 18.2 Å². The van der Waals surface area contributed by atoms with Gasteiger partial charge >= 0.3 is 0 Å². The molecule has 7 heteroatoms. The minimum atomic E-state index is -3.54. The van der Waals surface area contributed by atoms with Gasteiger partial charge in [0, 0.05) is 5.92 Å². The van der Waals surface area contributed by atoms with E-state index in [-0.39, 0.29) is 24.2 Å². The molecule has 1 aromatic rings. The number of halogens is 2. The molecule has 0 heterocycles. The molecule has 0 aromatic heterocycles. The summed E-state index contributed by atoms with van der Waals surface area (Å²) in [7, 11) is -3.54. The van der Waals surface area contributed by atoms with Gasteiger partial charge in [-0.25, -0.2) is 13.6 Å². The predicted molar refractivity (Wildman–Crippen MR) is 78.3 cm³/mol. The standard InChI is InChI=1S/C12H17Cl2NO3S/c1-8(2)9(7-19(15,16)17)6-18-12-10(13)4-3-5-11(12)14/h3-5,8-9H,6-7H2,1-2H3,(H2,15,16,17). The van der Waals surface area contributed by atoms with Crippen LogP contribution >= 0.6 is 23.2 Å². The fourth-order valence-electron chi connectivity index (χ4n) is 1.54. The van der Waals surface area contributed by atoms with Crippen LogP contribution in [0.25, 0.3) is 0 Å². The first-order valence-corrected chi connectivity index (χ1v) is 8.25. The Hall–Kier alpha value is -0.490. The molecular formula is C12H17Cl2NO3S. The molecule has 19 heavy (non-hydrogen) atoms. The first kappa shape index (κ1) is 16.6. The summed E-state index contributed by atoms with van der Waals surface area (Å²) in [4.78, 5) is 0. The van der Waals surface area contributed by atoms with Crippen molar-refractivity contribution in [3.05, 3.63) is 28.2 Å². The normalized spacial score (nSPS) is 13.6. The van der Waals surface area contributed by atoms with E-state index in [1.165, 1.54) is 0 Å². The lowest BCUT2D eigenvalue weighted by molar-refractivity contribution is 0.225. The lowest BCUT2D eigenvalue weighted by Gasteiger charge is -2.21. The number of hydrogen-bond acceptors (Lipinski definition) is 3.